The van der Waals surface area contributed by atoms with Crippen LogP contribution in [0.4, 0.5) is 0 Å². The Balaban J connectivity index is 1.86. The Morgan fingerprint density at radius 2 is 1.85 bits per heavy atom. The van der Waals surface area contributed by atoms with Gasteiger partial charge in [-0.3, -0.25) is 9.59 Å². The first-order chi connectivity index (χ1) is 12.3. The van der Waals surface area contributed by atoms with Gasteiger partial charge in [-0.05, 0) is 80.8 Å². The summed E-state index contributed by atoms with van der Waals surface area (Å²) in [5, 5.41) is 0. The van der Waals surface area contributed by atoms with Crippen molar-refractivity contribution in [2.24, 2.45) is 0 Å². The number of rotatable bonds is 4. The molecule has 2 aromatic rings. The number of aromatic nitrogens is 1. The molecule has 0 aliphatic heterocycles. The van der Waals surface area contributed by atoms with Crippen molar-refractivity contribution < 1.29 is 14.3 Å². The zero-order valence-corrected chi connectivity index (χ0v) is 15.6. The van der Waals surface area contributed by atoms with Crippen molar-refractivity contribution in [3.63, 3.8) is 0 Å². The molecule has 1 aromatic heterocycles. The van der Waals surface area contributed by atoms with Crippen LogP contribution in [0.5, 0.6) is 0 Å². The van der Waals surface area contributed by atoms with Crippen LogP contribution in [0.1, 0.15) is 67.6 Å². The van der Waals surface area contributed by atoms with Gasteiger partial charge < -0.3 is 9.72 Å². The third kappa shape index (κ3) is 3.21. The molecule has 5 nitrogen and oxygen atoms in total. The summed E-state index contributed by atoms with van der Waals surface area (Å²) in [5.74, 6) is -0.646. The lowest BCUT2D eigenvalue weighted by atomic mass is 9.92. The van der Waals surface area contributed by atoms with Crippen molar-refractivity contribution in [1.82, 2.24) is 4.98 Å². The Hall–Kier alpha value is -2.69. The Morgan fingerprint density at radius 3 is 2.54 bits per heavy atom. The van der Waals surface area contributed by atoms with E-state index in [2.05, 4.69) is 4.98 Å². The van der Waals surface area contributed by atoms with Crippen molar-refractivity contribution in [1.29, 1.82) is 0 Å². The van der Waals surface area contributed by atoms with Gasteiger partial charge in [-0.1, -0.05) is 6.07 Å². The molecule has 0 saturated carbocycles. The molecule has 1 aliphatic rings. The number of Topliss-reactive ketones (excluding diaryl/α,β-unsaturated/α-hetero) is 1. The van der Waals surface area contributed by atoms with Gasteiger partial charge in [-0.15, -0.1) is 0 Å². The number of fused-ring (bicyclic) bond motifs is 1. The highest BCUT2D eigenvalue weighted by Gasteiger charge is 2.20. The zero-order chi connectivity index (χ0) is 19.0. The van der Waals surface area contributed by atoms with Gasteiger partial charge in [0, 0.05) is 11.3 Å². The van der Waals surface area contributed by atoms with Crippen LogP contribution in [-0.2, 0) is 24.2 Å². The molecule has 0 unspecified atom stereocenters. The number of aromatic amines is 1. The molecule has 26 heavy (non-hydrogen) atoms. The third-order valence-corrected chi connectivity index (χ3v) is 5.14. The number of esters is 1. The van der Waals surface area contributed by atoms with Gasteiger partial charge in [0.15, 0.2) is 5.78 Å². The van der Waals surface area contributed by atoms with Crippen LogP contribution in [0.3, 0.4) is 0 Å². The number of nitrogens with one attached hydrogen (secondary N) is 1. The number of carbonyl (C=O) groups excluding carboxylic acids is 2. The number of carbonyl (C=O) groups is 2. The molecular weight excluding hydrogens is 330 g/mol. The molecule has 1 heterocycles. The Labute approximate surface area is 152 Å². The minimum absolute atomic E-state index is 0.0114. The molecule has 1 aromatic carbocycles. The number of pyridine rings is 1. The summed E-state index contributed by atoms with van der Waals surface area (Å²) >= 11 is 0. The molecule has 0 spiro atoms. The fourth-order valence-electron chi connectivity index (χ4n) is 3.87. The van der Waals surface area contributed by atoms with E-state index in [1.54, 1.807) is 6.07 Å². The summed E-state index contributed by atoms with van der Waals surface area (Å²) in [5.41, 5.74) is 5.74. The van der Waals surface area contributed by atoms with Crippen molar-refractivity contribution in [3.05, 3.63) is 67.1 Å². The summed E-state index contributed by atoms with van der Waals surface area (Å²) in [6.07, 6.45) is 2.69. The van der Waals surface area contributed by atoms with Crippen molar-refractivity contribution in [3.8, 4) is 0 Å². The van der Waals surface area contributed by atoms with Crippen LogP contribution in [0.2, 0.25) is 0 Å². The molecule has 0 fully saturated rings. The number of ketones is 1. The minimum atomic E-state index is -0.635. The van der Waals surface area contributed by atoms with E-state index in [1.807, 2.05) is 26.8 Å². The summed E-state index contributed by atoms with van der Waals surface area (Å²) < 4.78 is 5.42. The third-order valence-electron chi connectivity index (χ3n) is 5.14. The van der Waals surface area contributed by atoms with E-state index < -0.39 is 11.5 Å². The number of H-pyrrole nitrogens is 1. The fraction of sp³-hybridized carbons (Fsp3) is 0.381. The maximum Gasteiger partial charge on any atom is 0.344 e. The van der Waals surface area contributed by atoms with Gasteiger partial charge in [-0.2, -0.15) is 0 Å². The average Bonchev–Trinajstić information content (AvgIpc) is 2.99. The first-order valence-electron chi connectivity index (χ1n) is 8.82. The highest BCUT2D eigenvalue weighted by Crippen LogP contribution is 2.24. The Morgan fingerprint density at radius 1 is 1.12 bits per heavy atom. The highest BCUT2D eigenvalue weighted by molar-refractivity contribution is 5.97. The van der Waals surface area contributed by atoms with E-state index in [4.69, 9.17) is 4.74 Å². The largest absolute Gasteiger partial charge is 0.457 e. The molecule has 3 rings (SSSR count). The van der Waals surface area contributed by atoms with E-state index in [0.29, 0.717) is 5.56 Å². The lowest BCUT2D eigenvalue weighted by Gasteiger charge is -2.16. The number of benzene rings is 1. The van der Waals surface area contributed by atoms with E-state index in [-0.39, 0.29) is 18.0 Å². The molecule has 0 atom stereocenters. The molecule has 0 saturated heterocycles. The van der Waals surface area contributed by atoms with Gasteiger partial charge in [0.2, 0.25) is 0 Å². The van der Waals surface area contributed by atoms with Gasteiger partial charge >= 0.3 is 5.97 Å². The van der Waals surface area contributed by atoms with Crippen molar-refractivity contribution in [2.45, 2.75) is 53.6 Å². The van der Waals surface area contributed by atoms with Crippen molar-refractivity contribution in [2.75, 3.05) is 0 Å². The van der Waals surface area contributed by atoms with Gasteiger partial charge in [-0.25, -0.2) is 4.79 Å². The van der Waals surface area contributed by atoms with E-state index >= 15 is 0 Å². The minimum Gasteiger partial charge on any atom is -0.457 e. The van der Waals surface area contributed by atoms with E-state index in [0.717, 1.165) is 52.8 Å². The first kappa shape index (κ1) is 18.1. The number of aryl methyl sites for hydroxylation is 4. The van der Waals surface area contributed by atoms with Crippen LogP contribution in [0, 0.1) is 20.8 Å². The van der Waals surface area contributed by atoms with E-state index in [1.165, 1.54) is 6.92 Å². The standard InChI is InChI=1S/C21H23NO4/c1-11-8-12(2)19(14(4)23)13(3)17(11)10-26-21(25)16-9-15-6-5-7-18(15)22-20(16)24/h8-9H,5-7,10H2,1-4H3,(H,22,24). The summed E-state index contributed by atoms with van der Waals surface area (Å²) in [4.78, 5) is 39.3. The maximum atomic E-state index is 12.4. The second-order valence-electron chi connectivity index (χ2n) is 6.99. The summed E-state index contributed by atoms with van der Waals surface area (Å²) in [7, 11) is 0. The van der Waals surface area contributed by atoms with Crippen LogP contribution < -0.4 is 5.56 Å². The first-order valence-corrected chi connectivity index (χ1v) is 8.82. The second-order valence-corrected chi connectivity index (χ2v) is 6.99. The SMILES string of the molecule is CC(=O)c1c(C)cc(C)c(COC(=O)c2cc3c([nH]c2=O)CCC3)c1C. The number of ether oxygens (including phenoxy) is 1. The Kier molecular flexibility index (Phi) is 4.81. The quantitative estimate of drug-likeness (QED) is 0.675. The van der Waals surface area contributed by atoms with Gasteiger partial charge in [0.05, 0.1) is 0 Å². The molecular formula is C21H23NO4. The topological polar surface area (TPSA) is 76.2 Å². The zero-order valence-electron chi connectivity index (χ0n) is 15.6. The second kappa shape index (κ2) is 6.90. The molecule has 0 bridgehead atoms. The summed E-state index contributed by atoms with van der Waals surface area (Å²) in [6.45, 7) is 7.26. The average molecular weight is 353 g/mol. The lowest BCUT2D eigenvalue weighted by molar-refractivity contribution is 0.0469. The van der Waals surface area contributed by atoms with Gasteiger partial charge in [0.1, 0.15) is 12.2 Å². The number of hydrogen-bond acceptors (Lipinski definition) is 4. The van der Waals surface area contributed by atoms with Crippen LogP contribution in [-0.4, -0.2) is 16.7 Å². The monoisotopic (exact) mass is 353 g/mol. The van der Waals surface area contributed by atoms with Gasteiger partial charge in [0.25, 0.3) is 5.56 Å². The van der Waals surface area contributed by atoms with E-state index in [9.17, 15) is 14.4 Å². The molecule has 1 N–H and O–H groups in total. The normalized spacial score (nSPS) is 12.8. The number of hydrogen-bond donors (Lipinski definition) is 1. The smallest absolute Gasteiger partial charge is 0.344 e. The predicted molar refractivity (Wildman–Crippen MR) is 98.9 cm³/mol. The van der Waals surface area contributed by atoms with Crippen molar-refractivity contribution >= 4 is 11.8 Å². The molecule has 0 radical (unpaired) electrons. The summed E-state index contributed by atoms with van der Waals surface area (Å²) in [6, 6.07) is 3.58. The molecule has 5 heteroatoms. The van der Waals surface area contributed by atoms with Crippen LogP contribution in [0.15, 0.2) is 16.9 Å². The van der Waals surface area contributed by atoms with Crippen LogP contribution in [0.25, 0.3) is 0 Å². The molecule has 136 valence electrons. The highest BCUT2D eigenvalue weighted by atomic mass is 16.5. The predicted octanol–water partition coefficient (Wildman–Crippen LogP) is 3.35. The fourth-order valence-corrected chi connectivity index (χ4v) is 3.87. The molecule has 0 amide bonds. The maximum absolute atomic E-state index is 12.4. The van der Waals surface area contributed by atoms with Crippen LogP contribution >= 0.6 is 0 Å². The Bertz CT molecular complexity index is 969. The lowest BCUT2D eigenvalue weighted by Crippen LogP contribution is -2.21. The molecule has 1 aliphatic carbocycles.